The molecule has 0 spiro atoms. The van der Waals surface area contributed by atoms with E-state index in [0.717, 1.165) is 98.2 Å². The highest BCUT2D eigenvalue weighted by atomic mass is 79.9. The van der Waals surface area contributed by atoms with E-state index in [1.54, 1.807) is 53.9 Å². The summed E-state index contributed by atoms with van der Waals surface area (Å²) in [6.07, 6.45) is 0.226. The normalized spacial score (nSPS) is 14.7. The maximum atomic E-state index is 13.2. The van der Waals surface area contributed by atoms with Crippen molar-refractivity contribution in [2.75, 3.05) is 109 Å². The molecule has 2 aliphatic heterocycles. The number of halogens is 2. The van der Waals surface area contributed by atoms with Gasteiger partial charge < -0.3 is 46.7 Å². The van der Waals surface area contributed by atoms with Crippen LogP contribution >= 0.6 is 31.9 Å². The predicted octanol–water partition coefficient (Wildman–Crippen LogP) is 10.1. The van der Waals surface area contributed by atoms with E-state index in [9.17, 15) is 9.59 Å². The second kappa shape index (κ2) is 28.1. The number of hydrogen-bond acceptors (Lipinski definition) is 15. The maximum Gasteiger partial charge on any atom is 0.279 e. The monoisotopic (exact) mass is 1120 g/mol. The van der Waals surface area contributed by atoms with Gasteiger partial charge in [-0.05, 0) is 103 Å². The van der Waals surface area contributed by atoms with Gasteiger partial charge in [-0.1, -0.05) is 48.5 Å². The fourth-order valence-electron chi connectivity index (χ4n) is 7.88. The number of Topliss-reactive ketones (excluding diaryl/α,β-unsaturated/α-hetero) is 1. The first kappa shape index (κ1) is 55.8. The summed E-state index contributed by atoms with van der Waals surface area (Å²) in [5.74, 6) is 3.69. The summed E-state index contributed by atoms with van der Waals surface area (Å²) in [5.41, 5.74) is 5.66. The molecule has 1 amide bonds. The summed E-state index contributed by atoms with van der Waals surface area (Å²) in [6, 6.07) is 30.5. The number of ether oxygens (including phenoxy) is 8. The van der Waals surface area contributed by atoms with Gasteiger partial charge in [0.05, 0.1) is 68.2 Å². The van der Waals surface area contributed by atoms with Gasteiger partial charge >= 0.3 is 0 Å². The molecule has 0 saturated carbocycles. The van der Waals surface area contributed by atoms with E-state index in [2.05, 4.69) is 41.7 Å². The van der Waals surface area contributed by atoms with Crippen molar-refractivity contribution in [1.82, 2.24) is 14.9 Å². The number of likely N-dealkylation sites (N-methyl/N-ethyl adjacent to an activating group) is 1. The Morgan fingerprint density at radius 3 is 1.40 bits per heavy atom. The van der Waals surface area contributed by atoms with Crippen LogP contribution in [0.2, 0.25) is 0 Å². The molecule has 8 rings (SSSR count). The molecule has 6 aromatic rings. The summed E-state index contributed by atoms with van der Waals surface area (Å²) < 4.78 is 55.7. The van der Waals surface area contributed by atoms with Crippen molar-refractivity contribution >= 4 is 43.6 Å². The molecule has 18 heteroatoms. The standard InChI is InChI=1S/C26H28BrNO6.C16H24N2O4.C12H11BrO3/c1-30-22-14-19(15-23(31-2)24(22)27)20-8-9-21(34-20)25(29)26(32-3)18-6-4-17(5-7-18)16-28-10-12-33-13-11-28;1-17(21-3)16(19)15(20-2)14-6-4-13(5-7-14)12-18-8-10-22-11-9-18;1-14-10-6-8(9-4-3-5-16-9)7-11(15-2)12(10)13/h4-9,14-15,26H,10-13,16H2,1-3H3;4-7,15H,8-12H2,1-3H3;3-7H,1-2H3. The van der Waals surface area contributed by atoms with Crippen LogP contribution < -0.4 is 18.9 Å². The molecule has 2 aromatic heterocycles. The first-order valence-corrected chi connectivity index (χ1v) is 24.7. The Balaban J connectivity index is 0.000000191. The van der Waals surface area contributed by atoms with Crippen molar-refractivity contribution in [3.05, 3.63) is 140 Å². The molecule has 386 valence electrons. The molecular weight excluding hydrogens is 1060 g/mol. The molecule has 0 bridgehead atoms. The van der Waals surface area contributed by atoms with E-state index < -0.39 is 12.2 Å². The lowest BCUT2D eigenvalue weighted by Gasteiger charge is -2.26. The molecule has 4 aromatic carbocycles. The average Bonchev–Trinajstić information content (AvgIpc) is 4.16. The van der Waals surface area contributed by atoms with Crippen molar-refractivity contribution in [1.29, 1.82) is 0 Å². The topological polar surface area (TPSA) is 153 Å². The van der Waals surface area contributed by atoms with Crippen molar-refractivity contribution in [2.45, 2.75) is 25.3 Å². The highest BCUT2D eigenvalue weighted by Gasteiger charge is 2.27. The Morgan fingerprint density at radius 1 is 0.583 bits per heavy atom. The largest absolute Gasteiger partial charge is 0.495 e. The highest BCUT2D eigenvalue weighted by molar-refractivity contribution is 9.11. The third-order valence-electron chi connectivity index (χ3n) is 11.9. The number of methoxy groups -OCH3 is 6. The molecular formula is C54H63Br2N3O13. The molecule has 0 aliphatic carbocycles. The van der Waals surface area contributed by atoms with Gasteiger partial charge in [0.25, 0.3) is 5.91 Å². The molecule has 2 fully saturated rings. The second-order valence-corrected chi connectivity index (χ2v) is 18.0. The Morgan fingerprint density at radius 2 is 1.01 bits per heavy atom. The average molecular weight is 1120 g/mol. The number of ketones is 1. The van der Waals surface area contributed by atoms with Crippen LogP contribution in [0.5, 0.6) is 23.0 Å². The van der Waals surface area contributed by atoms with E-state index in [1.807, 2.05) is 84.9 Å². The number of amides is 1. The SMILES string of the molecule is COC(C(=O)N(C)OC)c1ccc(CN2CCOCC2)cc1.COc1cc(-c2ccc(C(=O)C(OC)c3ccc(CN4CCOCC4)cc3)o2)cc(OC)c1Br.COc1cc(-c2ccco2)cc(OC)c1Br. The molecule has 72 heavy (non-hydrogen) atoms. The lowest BCUT2D eigenvalue weighted by molar-refractivity contribution is -0.179. The van der Waals surface area contributed by atoms with Gasteiger partial charge in [0.2, 0.25) is 5.78 Å². The number of carbonyl (C=O) groups is 2. The van der Waals surface area contributed by atoms with Crippen molar-refractivity contribution < 1.29 is 61.2 Å². The molecule has 0 N–H and O–H groups in total. The lowest BCUT2D eigenvalue weighted by Crippen LogP contribution is -2.35. The van der Waals surface area contributed by atoms with Crippen LogP contribution in [0.1, 0.15) is 45.0 Å². The zero-order valence-corrected chi connectivity index (χ0v) is 45.1. The summed E-state index contributed by atoms with van der Waals surface area (Å²) in [5, 5.41) is 1.18. The summed E-state index contributed by atoms with van der Waals surface area (Å²) >= 11 is 6.88. The van der Waals surface area contributed by atoms with Gasteiger partial charge in [0.15, 0.2) is 11.9 Å². The zero-order chi connectivity index (χ0) is 51.6. The van der Waals surface area contributed by atoms with Crippen molar-refractivity contribution in [3.63, 3.8) is 0 Å². The smallest absolute Gasteiger partial charge is 0.279 e. The fraction of sp³-hybridized carbons (Fsp3) is 0.370. The number of benzene rings is 4. The van der Waals surface area contributed by atoms with E-state index in [1.165, 1.54) is 37.5 Å². The molecule has 16 nitrogen and oxygen atoms in total. The molecule has 2 saturated heterocycles. The zero-order valence-electron chi connectivity index (χ0n) is 41.9. The van der Waals surface area contributed by atoms with Crippen LogP contribution in [-0.4, -0.2) is 136 Å². The van der Waals surface area contributed by atoms with Crippen LogP contribution in [0.25, 0.3) is 22.6 Å². The predicted molar refractivity (Wildman–Crippen MR) is 279 cm³/mol. The van der Waals surface area contributed by atoms with Gasteiger partial charge in [-0.3, -0.25) is 24.2 Å². The maximum absolute atomic E-state index is 13.2. The van der Waals surface area contributed by atoms with Gasteiger partial charge in [0, 0.05) is 71.7 Å². The first-order valence-electron chi connectivity index (χ1n) is 23.1. The van der Waals surface area contributed by atoms with E-state index >= 15 is 0 Å². The second-order valence-electron chi connectivity index (χ2n) is 16.4. The summed E-state index contributed by atoms with van der Waals surface area (Å²) in [7, 11) is 12.5. The molecule has 2 unspecified atom stereocenters. The number of rotatable bonds is 18. The third kappa shape index (κ3) is 14.8. The van der Waals surface area contributed by atoms with Gasteiger partial charge in [0.1, 0.15) is 49.6 Å². The first-order chi connectivity index (χ1) is 34.9. The van der Waals surface area contributed by atoms with Crippen molar-refractivity contribution in [2.24, 2.45) is 0 Å². The summed E-state index contributed by atoms with van der Waals surface area (Å²) in [6.45, 7) is 8.65. The molecule has 4 heterocycles. The van der Waals surface area contributed by atoms with Gasteiger partial charge in [-0.2, -0.15) is 0 Å². The number of carbonyl (C=O) groups excluding carboxylic acids is 2. The van der Waals surface area contributed by atoms with E-state index in [-0.39, 0.29) is 17.5 Å². The number of morpholine rings is 2. The van der Waals surface area contributed by atoms with Crippen LogP contribution in [-0.2, 0) is 41.7 Å². The number of furan rings is 2. The van der Waals surface area contributed by atoms with Crippen LogP contribution in [0.15, 0.2) is 121 Å². The molecule has 2 aliphatic rings. The van der Waals surface area contributed by atoms with Crippen LogP contribution in [0, 0.1) is 0 Å². The van der Waals surface area contributed by atoms with Crippen LogP contribution in [0.4, 0.5) is 0 Å². The lowest BCUT2D eigenvalue weighted by atomic mass is 10.0. The minimum absolute atomic E-state index is 0.222. The summed E-state index contributed by atoms with van der Waals surface area (Å²) in [4.78, 5) is 35.0. The fourth-order valence-corrected chi connectivity index (χ4v) is 8.99. The van der Waals surface area contributed by atoms with Crippen molar-refractivity contribution in [3.8, 4) is 45.6 Å². The Labute approximate surface area is 438 Å². The quantitative estimate of drug-likeness (QED) is 0.0592. The number of hydrogen-bond donors (Lipinski definition) is 0. The van der Waals surface area contributed by atoms with Gasteiger partial charge in [-0.15, -0.1) is 0 Å². The third-order valence-corrected chi connectivity index (χ3v) is 13.5. The van der Waals surface area contributed by atoms with E-state index in [4.69, 9.17) is 51.6 Å². The van der Waals surface area contributed by atoms with Gasteiger partial charge in [-0.25, -0.2) is 5.06 Å². The molecule has 2 atom stereocenters. The number of nitrogens with zero attached hydrogens (tertiary/aromatic N) is 3. The Hall–Kier alpha value is -5.54. The van der Waals surface area contributed by atoms with E-state index in [0.29, 0.717) is 33.2 Å². The minimum atomic E-state index is -0.759. The number of hydroxylamine groups is 2. The Bertz CT molecular complexity index is 2560. The molecule has 0 radical (unpaired) electrons. The Kier molecular flexibility index (Phi) is 21.7. The van der Waals surface area contributed by atoms with Crippen LogP contribution in [0.3, 0.4) is 0 Å². The highest BCUT2D eigenvalue weighted by Crippen LogP contribution is 2.41. The minimum Gasteiger partial charge on any atom is -0.495 e.